The van der Waals surface area contributed by atoms with Gasteiger partial charge < -0.3 is 15.4 Å². The molecule has 0 radical (unpaired) electrons. The topological polar surface area (TPSA) is 48.9 Å². The largest absolute Gasteiger partial charge is 0.376 e. The molecule has 2 aromatic rings. The molecule has 30 heavy (non-hydrogen) atoms. The lowest BCUT2D eigenvalue weighted by atomic mass is 10.1. The predicted octanol–water partition coefficient (Wildman–Crippen LogP) is 3.82. The minimum atomic E-state index is 0. The summed E-state index contributed by atoms with van der Waals surface area (Å²) in [5.74, 6) is 0.852. The molecule has 0 bridgehead atoms. The molecular weight excluding hydrogens is 487 g/mol. The number of aliphatic imine (C=N–C) groups is 1. The molecule has 0 amide bonds. The first-order chi connectivity index (χ1) is 14.2. The smallest absolute Gasteiger partial charge is 0.191 e. The lowest BCUT2D eigenvalue weighted by Gasteiger charge is -2.31. The van der Waals surface area contributed by atoms with E-state index in [0.717, 1.165) is 58.1 Å². The summed E-state index contributed by atoms with van der Waals surface area (Å²) in [6, 6.07) is 19.4. The maximum atomic E-state index is 5.64. The first kappa shape index (κ1) is 24.6. The highest BCUT2D eigenvalue weighted by atomic mass is 127. The molecule has 1 atom stereocenters. The maximum absolute atomic E-state index is 5.64. The van der Waals surface area contributed by atoms with Crippen LogP contribution in [0.15, 0.2) is 59.6 Å². The standard InChI is InChI=1S/C24H34N4O.HI/c1-20-18-28(14-15-29-20)19-23-11-6-10-22(16-23)17-27-24(25-2)26-13-7-12-21-8-4-3-5-9-21;/h3-6,8-11,16,20H,7,12-15,17-19H2,1-2H3,(H2,25,26,27);1H. The summed E-state index contributed by atoms with van der Waals surface area (Å²) in [6.07, 6.45) is 2.48. The van der Waals surface area contributed by atoms with Crippen LogP contribution < -0.4 is 10.6 Å². The van der Waals surface area contributed by atoms with Crippen molar-refractivity contribution in [2.75, 3.05) is 33.3 Å². The van der Waals surface area contributed by atoms with E-state index < -0.39 is 0 Å². The van der Waals surface area contributed by atoms with Gasteiger partial charge in [0, 0.05) is 39.8 Å². The van der Waals surface area contributed by atoms with Crippen LogP contribution in [0.4, 0.5) is 0 Å². The normalized spacial score (nSPS) is 17.3. The van der Waals surface area contributed by atoms with Gasteiger partial charge in [-0.3, -0.25) is 9.89 Å². The van der Waals surface area contributed by atoms with Crippen molar-refractivity contribution in [1.82, 2.24) is 15.5 Å². The molecule has 6 heteroatoms. The second kappa shape index (κ2) is 13.6. The third-order valence-corrected chi connectivity index (χ3v) is 5.18. The molecule has 1 heterocycles. The van der Waals surface area contributed by atoms with Crippen molar-refractivity contribution >= 4 is 29.9 Å². The van der Waals surface area contributed by atoms with Gasteiger partial charge in [-0.2, -0.15) is 0 Å². The van der Waals surface area contributed by atoms with Gasteiger partial charge in [0.05, 0.1) is 12.7 Å². The van der Waals surface area contributed by atoms with Gasteiger partial charge in [0.15, 0.2) is 5.96 Å². The number of hydrogen-bond acceptors (Lipinski definition) is 3. The van der Waals surface area contributed by atoms with Crippen molar-refractivity contribution < 1.29 is 4.74 Å². The van der Waals surface area contributed by atoms with Crippen LogP contribution in [0.5, 0.6) is 0 Å². The maximum Gasteiger partial charge on any atom is 0.191 e. The van der Waals surface area contributed by atoms with E-state index in [0.29, 0.717) is 6.10 Å². The Morgan fingerprint density at radius 2 is 1.83 bits per heavy atom. The number of nitrogens with zero attached hydrogens (tertiary/aromatic N) is 2. The molecule has 3 rings (SSSR count). The second-order valence-corrected chi connectivity index (χ2v) is 7.68. The van der Waals surface area contributed by atoms with E-state index in [1.54, 1.807) is 0 Å². The summed E-state index contributed by atoms with van der Waals surface area (Å²) in [7, 11) is 1.82. The number of morpholine rings is 1. The van der Waals surface area contributed by atoms with Gasteiger partial charge in [-0.1, -0.05) is 54.6 Å². The van der Waals surface area contributed by atoms with E-state index in [2.05, 4.69) is 82.0 Å². The molecule has 2 aromatic carbocycles. The SMILES string of the molecule is CN=C(NCCCc1ccccc1)NCc1cccc(CN2CCOC(C)C2)c1.I. The highest BCUT2D eigenvalue weighted by Gasteiger charge is 2.16. The van der Waals surface area contributed by atoms with Crippen LogP contribution in [0.3, 0.4) is 0 Å². The van der Waals surface area contributed by atoms with Crippen LogP contribution in [0.2, 0.25) is 0 Å². The molecule has 0 aliphatic carbocycles. The molecule has 1 saturated heterocycles. The van der Waals surface area contributed by atoms with Crippen LogP contribution >= 0.6 is 24.0 Å². The summed E-state index contributed by atoms with van der Waals surface area (Å²) in [5.41, 5.74) is 4.00. The Labute approximate surface area is 198 Å². The summed E-state index contributed by atoms with van der Waals surface area (Å²) in [5, 5.41) is 6.84. The number of benzene rings is 2. The first-order valence-electron chi connectivity index (χ1n) is 10.6. The molecule has 2 N–H and O–H groups in total. The van der Waals surface area contributed by atoms with Crippen molar-refractivity contribution in [2.24, 2.45) is 4.99 Å². The molecule has 164 valence electrons. The zero-order chi connectivity index (χ0) is 20.3. The molecule has 0 aromatic heterocycles. The minimum Gasteiger partial charge on any atom is -0.376 e. The molecule has 1 fully saturated rings. The highest BCUT2D eigenvalue weighted by Crippen LogP contribution is 2.12. The van der Waals surface area contributed by atoms with E-state index in [9.17, 15) is 0 Å². The summed E-state index contributed by atoms with van der Waals surface area (Å²) < 4.78 is 5.64. The second-order valence-electron chi connectivity index (χ2n) is 7.68. The fourth-order valence-electron chi connectivity index (χ4n) is 3.68. The van der Waals surface area contributed by atoms with Crippen LogP contribution in [0.25, 0.3) is 0 Å². The molecule has 0 saturated carbocycles. The van der Waals surface area contributed by atoms with Crippen molar-refractivity contribution in [1.29, 1.82) is 0 Å². The Hall–Kier alpha value is -1.64. The Balaban J connectivity index is 0.00000320. The zero-order valence-electron chi connectivity index (χ0n) is 18.1. The minimum absolute atomic E-state index is 0. The third kappa shape index (κ3) is 8.62. The van der Waals surface area contributed by atoms with Gasteiger partial charge in [-0.05, 0) is 36.5 Å². The highest BCUT2D eigenvalue weighted by molar-refractivity contribution is 14.0. The Morgan fingerprint density at radius 3 is 2.60 bits per heavy atom. The van der Waals surface area contributed by atoms with Gasteiger partial charge in [0.1, 0.15) is 0 Å². The van der Waals surface area contributed by atoms with Gasteiger partial charge in [0.25, 0.3) is 0 Å². The van der Waals surface area contributed by atoms with Crippen LogP contribution in [0.1, 0.15) is 30.0 Å². The quantitative estimate of drug-likeness (QED) is 0.240. The van der Waals surface area contributed by atoms with E-state index >= 15 is 0 Å². The van der Waals surface area contributed by atoms with Crippen molar-refractivity contribution in [3.05, 3.63) is 71.3 Å². The molecule has 1 aliphatic rings. The number of rotatable bonds is 8. The lowest BCUT2D eigenvalue weighted by molar-refractivity contribution is -0.0212. The predicted molar refractivity (Wildman–Crippen MR) is 136 cm³/mol. The van der Waals surface area contributed by atoms with E-state index in [1.807, 2.05) is 7.05 Å². The molecule has 5 nitrogen and oxygen atoms in total. The van der Waals surface area contributed by atoms with Gasteiger partial charge in [0.2, 0.25) is 0 Å². The van der Waals surface area contributed by atoms with Gasteiger partial charge >= 0.3 is 0 Å². The van der Waals surface area contributed by atoms with Crippen LogP contribution in [-0.4, -0.2) is 50.3 Å². The molecular formula is C24H35IN4O. The zero-order valence-corrected chi connectivity index (χ0v) is 20.5. The Morgan fingerprint density at radius 1 is 1.07 bits per heavy atom. The number of hydrogen-bond donors (Lipinski definition) is 2. The van der Waals surface area contributed by atoms with Gasteiger partial charge in [-0.25, -0.2) is 0 Å². The fraction of sp³-hybridized carbons (Fsp3) is 0.458. The van der Waals surface area contributed by atoms with Gasteiger partial charge in [-0.15, -0.1) is 24.0 Å². The summed E-state index contributed by atoms with van der Waals surface area (Å²) in [6.45, 7) is 7.64. The summed E-state index contributed by atoms with van der Waals surface area (Å²) >= 11 is 0. The number of halogens is 1. The lowest BCUT2D eigenvalue weighted by Crippen LogP contribution is -2.40. The number of ether oxygens (including phenoxy) is 1. The first-order valence-corrected chi connectivity index (χ1v) is 10.6. The summed E-state index contributed by atoms with van der Waals surface area (Å²) in [4.78, 5) is 6.81. The number of nitrogens with one attached hydrogen (secondary N) is 2. The third-order valence-electron chi connectivity index (χ3n) is 5.18. The molecule has 1 aliphatic heterocycles. The van der Waals surface area contributed by atoms with Crippen molar-refractivity contribution in [3.63, 3.8) is 0 Å². The average Bonchev–Trinajstić information content (AvgIpc) is 2.74. The van der Waals surface area contributed by atoms with E-state index in [-0.39, 0.29) is 24.0 Å². The molecule has 0 spiro atoms. The van der Waals surface area contributed by atoms with E-state index in [1.165, 1.54) is 16.7 Å². The van der Waals surface area contributed by atoms with E-state index in [4.69, 9.17) is 4.74 Å². The average molecular weight is 522 g/mol. The van der Waals surface area contributed by atoms with Crippen LogP contribution in [0, 0.1) is 0 Å². The monoisotopic (exact) mass is 522 g/mol. The molecule has 1 unspecified atom stereocenters. The number of aryl methyl sites for hydroxylation is 1. The Kier molecular flexibility index (Phi) is 11.2. The van der Waals surface area contributed by atoms with Crippen molar-refractivity contribution in [3.8, 4) is 0 Å². The van der Waals surface area contributed by atoms with Crippen molar-refractivity contribution in [2.45, 2.75) is 39.0 Å². The Bertz CT molecular complexity index is 769. The number of guanidine groups is 1. The van der Waals surface area contributed by atoms with Crippen LogP contribution in [-0.2, 0) is 24.2 Å². The fourth-order valence-corrected chi connectivity index (χ4v) is 3.68.